The summed E-state index contributed by atoms with van der Waals surface area (Å²) in [7, 11) is 1.40. The Bertz CT molecular complexity index is 1160. The maximum absolute atomic E-state index is 13.0. The van der Waals surface area contributed by atoms with E-state index in [0.29, 0.717) is 0 Å². The van der Waals surface area contributed by atoms with E-state index in [-0.39, 0.29) is 23.1 Å². The van der Waals surface area contributed by atoms with E-state index in [2.05, 4.69) is 10.3 Å². The topological polar surface area (TPSA) is 113 Å². The van der Waals surface area contributed by atoms with Crippen molar-refractivity contribution in [2.45, 2.75) is 38.8 Å². The molecule has 0 spiro atoms. The van der Waals surface area contributed by atoms with Crippen molar-refractivity contribution < 1.29 is 33.3 Å². The van der Waals surface area contributed by atoms with Crippen molar-refractivity contribution in [3.63, 3.8) is 0 Å². The zero-order valence-electron chi connectivity index (χ0n) is 21.2. The van der Waals surface area contributed by atoms with E-state index in [1.807, 2.05) is 67.6 Å². The molecule has 0 saturated carbocycles. The molecule has 1 heterocycles. The second kappa shape index (κ2) is 13.1. The Morgan fingerprint density at radius 2 is 1.51 bits per heavy atom. The maximum Gasteiger partial charge on any atom is 0.328 e. The summed E-state index contributed by atoms with van der Waals surface area (Å²) in [5, 5.41) is 2.59. The lowest BCUT2D eigenvalue weighted by molar-refractivity contribution is -0.151. The monoisotopic (exact) mass is 506 g/mol. The lowest BCUT2D eigenvalue weighted by Crippen LogP contribution is -2.41. The zero-order valence-corrected chi connectivity index (χ0v) is 21.2. The molecular weight excluding hydrogens is 476 g/mol. The molecule has 0 aliphatic heterocycles. The molecule has 0 fully saturated rings. The van der Waals surface area contributed by atoms with Crippen molar-refractivity contribution in [2.75, 3.05) is 13.9 Å². The normalized spacial score (nSPS) is 12.2. The molecular formula is C28H30N2O7. The highest BCUT2D eigenvalue weighted by molar-refractivity contribution is 5.98. The molecule has 37 heavy (non-hydrogen) atoms. The third kappa shape index (κ3) is 7.30. The van der Waals surface area contributed by atoms with Crippen LogP contribution in [0.3, 0.4) is 0 Å². The van der Waals surface area contributed by atoms with Gasteiger partial charge in [0, 0.05) is 25.1 Å². The van der Waals surface area contributed by atoms with Crippen molar-refractivity contribution in [2.24, 2.45) is 0 Å². The van der Waals surface area contributed by atoms with Crippen molar-refractivity contribution in [3.8, 4) is 11.5 Å². The molecule has 0 radical (unpaired) electrons. The Kier molecular flexibility index (Phi) is 9.60. The third-order valence-corrected chi connectivity index (χ3v) is 5.56. The van der Waals surface area contributed by atoms with Gasteiger partial charge in [-0.1, -0.05) is 60.7 Å². The maximum atomic E-state index is 13.0. The first-order valence-corrected chi connectivity index (χ1v) is 11.7. The van der Waals surface area contributed by atoms with Gasteiger partial charge in [0.05, 0.1) is 7.11 Å². The van der Waals surface area contributed by atoms with Gasteiger partial charge < -0.3 is 24.3 Å². The first-order valence-electron chi connectivity index (χ1n) is 11.7. The summed E-state index contributed by atoms with van der Waals surface area (Å²) in [5.74, 6) is -1.85. The molecule has 0 bridgehead atoms. The van der Waals surface area contributed by atoms with Crippen LogP contribution in [0.25, 0.3) is 0 Å². The number of esters is 2. The van der Waals surface area contributed by atoms with E-state index in [4.69, 9.17) is 18.9 Å². The molecule has 3 aromatic rings. The van der Waals surface area contributed by atoms with Gasteiger partial charge >= 0.3 is 11.9 Å². The van der Waals surface area contributed by atoms with Gasteiger partial charge in [0.25, 0.3) is 5.91 Å². The number of rotatable bonds is 11. The van der Waals surface area contributed by atoms with Gasteiger partial charge in [0.15, 0.2) is 17.2 Å². The number of hydrogen-bond donors (Lipinski definition) is 1. The fourth-order valence-electron chi connectivity index (χ4n) is 3.80. The van der Waals surface area contributed by atoms with Gasteiger partial charge in [0.2, 0.25) is 6.79 Å². The summed E-state index contributed by atoms with van der Waals surface area (Å²) >= 11 is 0. The number of ether oxygens (including phenoxy) is 4. The van der Waals surface area contributed by atoms with Gasteiger partial charge in [-0.15, -0.1) is 0 Å². The van der Waals surface area contributed by atoms with Gasteiger partial charge in [-0.25, -0.2) is 9.78 Å². The van der Waals surface area contributed by atoms with Crippen LogP contribution in [0.5, 0.6) is 11.5 Å². The zero-order chi connectivity index (χ0) is 26.8. The van der Waals surface area contributed by atoms with E-state index in [9.17, 15) is 14.4 Å². The first kappa shape index (κ1) is 27.2. The molecule has 1 amide bonds. The summed E-state index contributed by atoms with van der Waals surface area (Å²) in [6.07, 6.45) is 0.844. The molecule has 194 valence electrons. The molecule has 3 rings (SSSR count). The standard InChI is InChI=1S/C28H30N2O7/c1-18(30-27(32)25-26(36-17-35-20(3)31)23(34-4)15-16-29-25)28(33)37-19(2)24(21-11-7-5-8-12-21)22-13-9-6-10-14-22/h5-16,18-19,24H,17H2,1-4H3,(H,30,32)/t18-,19-/m0/s1. The molecule has 9 nitrogen and oxygen atoms in total. The van der Waals surface area contributed by atoms with E-state index in [1.54, 1.807) is 0 Å². The lowest BCUT2D eigenvalue weighted by Gasteiger charge is -2.26. The Hall–Kier alpha value is -4.40. The third-order valence-electron chi connectivity index (χ3n) is 5.56. The van der Waals surface area contributed by atoms with Crippen molar-refractivity contribution >= 4 is 17.8 Å². The predicted molar refractivity (Wildman–Crippen MR) is 135 cm³/mol. The average Bonchev–Trinajstić information content (AvgIpc) is 2.89. The quantitative estimate of drug-likeness (QED) is 0.308. The minimum absolute atomic E-state index is 0.0223. The summed E-state index contributed by atoms with van der Waals surface area (Å²) in [6, 6.07) is 20.0. The molecule has 0 saturated heterocycles. The molecule has 0 aliphatic rings. The Morgan fingerprint density at radius 3 is 2.05 bits per heavy atom. The van der Waals surface area contributed by atoms with Crippen LogP contribution in [0.1, 0.15) is 48.3 Å². The van der Waals surface area contributed by atoms with E-state index in [1.165, 1.54) is 33.2 Å². The van der Waals surface area contributed by atoms with E-state index >= 15 is 0 Å². The number of pyridine rings is 1. The number of nitrogens with one attached hydrogen (secondary N) is 1. The minimum atomic E-state index is -0.989. The SMILES string of the molecule is COc1ccnc(C(=O)N[C@@H](C)C(=O)O[C@@H](C)C(c2ccccc2)c2ccccc2)c1OCOC(C)=O. The van der Waals surface area contributed by atoms with E-state index in [0.717, 1.165) is 11.1 Å². The average molecular weight is 507 g/mol. The van der Waals surface area contributed by atoms with Crippen LogP contribution in [0.2, 0.25) is 0 Å². The van der Waals surface area contributed by atoms with Crippen LogP contribution in [-0.2, 0) is 19.1 Å². The number of hydrogen-bond acceptors (Lipinski definition) is 8. The van der Waals surface area contributed by atoms with Crippen molar-refractivity contribution in [1.29, 1.82) is 0 Å². The number of carbonyl (C=O) groups is 3. The number of carbonyl (C=O) groups excluding carboxylic acids is 3. The van der Waals surface area contributed by atoms with Crippen LogP contribution in [0.15, 0.2) is 72.9 Å². The molecule has 9 heteroatoms. The van der Waals surface area contributed by atoms with Crippen LogP contribution in [-0.4, -0.2) is 48.9 Å². The number of benzene rings is 2. The number of methoxy groups -OCH3 is 1. The number of amides is 1. The highest BCUT2D eigenvalue weighted by Crippen LogP contribution is 2.31. The van der Waals surface area contributed by atoms with Gasteiger partial charge in [-0.3, -0.25) is 9.59 Å². The second-order valence-electron chi connectivity index (χ2n) is 8.23. The highest BCUT2D eigenvalue weighted by Gasteiger charge is 2.28. The lowest BCUT2D eigenvalue weighted by atomic mass is 9.87. The summed E-state index contributed by atoms with van der Waals surface area (Å²) < 4.78 is 21.2. The van der Waals surface area contributed by atoms with Gasteiger partial charge in [0.1, 0.15) is 12.1 Å². The van der Waals surface area contributed by atoms with E-state index < -0.39 is 36.8 Å². The first-order chi connectivity index (χ1) is 17.8. The molecule has 1 N–H and O–H groups in total. The summed E-state index contributed by atoms with van der Waals surface area (Å²) in [5.41, 5.74) is 1.87. The Labute approximate surface area is 215 Å². The summed E-state index contributed by atoms with van der Waals surface area (Å²) in [6.45, 7) is 4.13. The molecule has 0 unspecified atom stereocenters. The molecule has 2 aromatic carbocycles. The van der Waals surface area contributed by atoms with Crippen LogP contribution in [0.4, 0.5) is 0 Å². The fourth-order valence-corrected chi connectivity index (χ4v) is 3.80. The number of aromatic nitrogens is 1. The highest BCUT2D eigenvalue weighted by atomic mass is 16.7. The van der Waals surface area contributed by atoms with Crippen LogP contribution < -0.4 is 14.8 Å². The van der Waals surface area contributed by atoms with Crippen LogP contribution in [0, 0.1) is 0 Å². The summed E-state index contributed by atoms with van der Waals surface area (Å²) in [4.78, 5) is 41.1. The fraction of sp³-hybridized carbons (Fsp3) is 0.286. The predicted octanol–water partition coefficient (Wildman–Crippen LogP) is 3.87. The Balaban J connectivity index is 1.72. The van der Waals surface area contributed by atoms with Gasteiger partial charge in [-0.2, -0.15) is 0 Å². The van der Waals surface area contributed by atoms with Crippen LogP contribution >= 0.6 is 0 Å². The molecule has 1 aromatic heterocycles. The largest absolute Gasteiger partial charge is 0.493 e. The second-order valence-corrected chi connectivity index (χ2v) is 8.23. The van der Waals surface area contributed by atoms with Crippen molar-refractivity contribution in [3.05, 3.63) is 89.7 Å². The Morgan fingerprint density at radius 1 is 0.919 bits per heavy atom. The smallest absolute Gasteiger partial charge is 0.328 e. The number of nitrogens with zero attached hydrogens (tertiary/aromatic N) is 1. The molecule has 0 aliphatic carbocycles. The molecule has 2 atom stereocenters. The van der Waals surface area contributed by atoms with Crippen molar-refractivity contribution in [1.82, 2.24) is 10.3 Å². The minimum Gasteiger partial charge on any atom is -0.493 e. The van der Waals surface area contributed by atoms with Gasteiger partial charge in [-0.05, 0) is 25.0 Å².